The van der Waals surface area contributed by atoms with Crippen LogP contribution in [0.5, 0.6) is 5.75 Å². The average molecular weight is 296 g/mol. The van der Waals surface area contributed by atoms with Crippen LogP contribution in [-0.2, 0) is 0 Å². The van der Waals surface area contributed by atoms with E-state index >= 15 is 0 Å². The first-order valence-electron chi connectivity index (χ1n) is 8.10. The fraction of sp³-hybridized carbons (Fsp3) is 0.526. The Labute approximate surface area is 130 Å². The zero-order valence-electron chi connectivity index (χ0n) is 12.5. The van der Waals surface area contributed by atoms with E-state index < -0.39 is 5.60 Å². The Balaban J connectivity index is 1.73. The number of carbonyl (C=O) groups is 1. The van der Waals surface area contributed by atoms with Gasteiger partial charge in [-0.3, -0.25) is 4.79 Å². The van der Waals surface area contributed by atoms with E-state index in [1.165, 1.54) is 0 Å². The van der Waals surface area contributed by atoms with Crippen LogP contribution in [-0.4, -0.2) is 21.6 Å². The Morgan fingerprint density at radius 1 is 1.23 bits per heavy atom. The molecule has 0 saturated heterocycles. The van der Waals surface area contributed by atoms with Crippen molar-refractivity contribution in [2.45, 2.75) is 43.6 Å². The molecule has 3 aliphatic rings. The largest absolute Gasteiger partial charge is 0.508 e. The van der Waals surface area contributed by atoms with Crippen molar-refractivity contribution in [3.63, 3.8) is 0 Å². The lowest BCUT2D eigenvalue weighted by Gasteiger charge is -2.45. The Morgan fingerprint density at radius 2 is 2.05 bits per heavy atom. The zero-order valence-corrected chi connectivity index (χ0v) is 12.5. The van der Waals surface area contributed by atoms with E-state index in [0.717, 1.165) is 24.8 Å². The van der Waals surface area contributed by atoms with Crippen molar-refractivity contribution in [3.8, 4) is 18.1 Å². The topological polar surface area (TPSA) is 57.5 Å². The molecule has 1 aromatic carbocycles. The molecule has 1 aromatic rings. The van der Waals surface area contributed by atoms with Crippen molar-refractivity contribution < 1.29 is 15.0 Å². The Hall–Kier alpha value is -1.79. The molecule has 0 unspecified atom stereocenters. The van der Waals surface area contributed by atoms with Gasteiger partial charge in [0.15, 0.2) is 5.78 Å². The number of ketones is 1. The molecule has 22 heavy (non-hydrogen) atoms. The number of rotatable bonds is 0. The molecule has 5 atom stereocenters. The first-order valence-corrected chi connectivity index (χ1v) is 8.10. The molecule has 2 fully saturated rings. The molecule has 0 aromatic heterocycles. The van der Waals surface area contributed by atoms with E-state index in [1.807, 2.05) is 6.07 Å². The van der Waals surface area contributed by atoms with E-state index in [1.54, 1.807) is 12.1 Å². The van der Waals surface area contributed by atoms with Crippen LogP contribution in [0.1, 0.15) is 53.9 Å². The smallest absolute Gasteiger partial charge is 0.163 e. The molecular formula is C19H20O3. The van der Waals surface area contributed by atoms with Gasteiger partial charge in [0.05, 0.1) is 0 Å². The van der Waals surface area contributed by atoms with Gasteiger partial charge in [-0.25, -0.2) is 0 Å². The normalized spacial score (nSPS) is 39.5. The van der Waals surface area contributed by atoms with Gasteiger partial charge in [-0.2, -0.15) is 0 Å². The van der Waals surface area contributed by atoms with Crippen LogP contribution >= 0.6 is 0 Å². The maximum Gasteiger partial charge on any atom is 0.163 e. The second-order valence-corrected chi connectivity index (χ2v) is 7.12. The van der Waals surface area contributed by atoms with Crippen LogP contribution in [0.2, 0.25) is 0 Å². The number of hydrogen-bond donors (Lipinski definition) is 2. The summed E-state index contributed by atoms with van der Waals surface area (Å²) in [5, 5.41) is 20.3. The van der Waals surface area contributed by atoms with E-state index in [9.17, 15) is 15.0 Å². The Bertz CT molecular complexity index is 686. The predicted octanol–water partition coefficient (Wildman–Crippen LogP) is 2.86. The summed E-state index contributed by atoms with van der Waals surface area (Å²) in [4.78, 5) is 12.5. The first-order chi connectivity index (χ1) is 10.5. The van der Waals surface area contributed by atoms with Gasteiger partial charge in [-0.05, 0) is 61.1 Å². The van der Waals surface area contributed by atoms with E-state index in [0.29, 0.717) is 30.2 Å². The summed E-state index contributed by atoms with van der Waals surface area (Å²) >= 11 is 0. The summed E-state index contributed by atoms with van der Waals surface area (Å²) in [5.74, 6) is 3.99. The number of aliphatic hydroxyl groups is 1. The minimum Gasteiger partial charge on any atom is -0.508 e. The van der Waals surface area contributed by atoms with Gasteiger partial charge in [0.2, 0.25) is 0 Å². The fourth-order valence-corrected chi connectivity index (χ4v) is 5.26. The number of terminal acetylenes is 1. The van der Waals surface area contributed by atoms with Gasteiger partial charge in [-0.1, -0.05) is 12.0 Å². The lowest BCUT2D eigenvalue weighted by atomic mass is 9.59. The number of benzene rings is 1. The Kier molecular flexibility index (Phi) is 2.90. The zero-order chi connectivity index (χ0) is 15.5. The minimum atomic E-state index is -0.978. The maximum atomic E-state index is 12.5. The molecule has 3 nitrogen and oxygen atoms in total. The first kappa shape index (κ1) is 13.8. The quantitative estimate of drug-likeness (QED) is 0.724. The van der Waals surface area contributed by atoms with Crippen LogP contribution in [0, 0.1) is 30.1 Å². The Morgan fingerprint density at radius 3 is 2.82 bits per heavy atom. The second kappa shape index (κ2) is 4.60. The molecular weight excluding hydrogens is 276 g/mol. The molecule has 2 saturated carbocycles. The number of phenolic OH excluding ortho intramolecular Hbond substituents is 1. The van der Waals surface area contributed by atoms with Crippen molar-refractivity contribution in [2.75, 3.05) is 0 Å². The SMILES string of the molecule is C#C[C@]1(O)CC[C@H]2[C@@H]3CC(=O)c4cc(O)ccc4[C@H]3CC[C@@H]21. The molecule has 0 spiro atoms. The predicted molar refractivity (Wildman–Crippen MR) is 82.5 cm³/mol. The molecule has 0 radical (unpaired) electrons. The number of fused-ring (bicyclic) bond motifs is 5. The standard InChI is InChI=1S/C19H20O3/c1-2-19(22)8-7-14-15-10-18(21)16-9-11(20)3-4-13(16)12(15)5-6-17(14)19/h1,3-4,9,12,14-15,17,20,22H,5-8,10H2/t12-,14+,15-,17+,19+/m1/s1. The van der Waals surface area contributed by atoms with Crippen LogP contribution in [0.4, 0.5) is 0 Å². The average Bonchev–Trinajstić information content (AvgIpc) is 2.86. The highest BCUT2D eigenvalue weighted by atomic mass is 16.3. The van der Waals surface area contributed by atoms with Crippen molar-refractivity contribution in [3.05, 3.63) is 29.3 Å². The third kappa shape index (κ3) is 1.77. The summed E-state index contributed by atoms with van der Waals surface area (Å²) in [5.41, 5.74) is 0.784. The van der Waals surface area contributed by atoms with Crippen LogP contribution in [0.15, 0.2) is 18.2 Å². The van der Waals surface area contributed by atoms with Gasteiger partial charge in [0, 0.05) is 17.9 Å². The highest BCUT2D eigenvalue weighted by molar-refractivity contribution is 5.99. The summed E-state index contributed by atoms with van der Waals surface area (Å²) in [7, 11) is 0. The molecule has 114 valence electrons. The third-order valence-electron chi connectivity index (χ3n) is 6.25. The number of Topliss-reactive ketones (excluding diaryl/α,β-unsaturated/α-hetero) is 1. The van der Waals surface area contributed by atoms with Crippen LogP contribution in [0.3, 0.4) is 0 Å². The molecule has 0 heterocycles. The maximum absolute atomic E-state index is 12.5. The molecule has 0 bridgehead atoms. The van der Waals surface area contributed by atoms with Gasteiger partial charge < -0.3 is 10.2 Å². The fourth-order valence-electron chi connectivity index (χ4n) is 5.26. The van der Waals surface area contributed by atoms with Crippen molar-refractivity contribution in [1.82, 2.24) is 0 Å². The molecule has 4 rings (SSSR count). The lowest BCUT2D eigenvalue weighted by molar-refractivity contribution is 0.00986. The van der Waals surface area contributed by atoms with Gasteiger partial charge >= 0.3 is 0 Å². The van der Waals surface area contributed by atoms with E-state index in [4.69, 9.17) is 6.42 Å². The number of phenols is 1. The number of hydrogen-bond acceptors (Lipinski definition) is 3. The number of aromatic hydroxyl groups is 1. The van der Waals surface area contributed by atoms with Crippen molar-refractivity contribution >= 4 is 5.78 Å². The lowest BCUT2D eigenvalue weighted by Crippen LogP contribution is -2.42. The summed E-state index contributed by atoms with van der Waals surface area (Å²) in [6.07, 6.45) is 9.52. The molecule has 0 aliphatic heterocycles. The molecule has 3 heteroatoms. The van der Waals surface area contributed by atoms with Crippen molar-refractivity contribution in [2.24, 2.45) is 17.8 Å². The van der Waals surface area contributed by atoms with Gasteiger partial charge in [0.25, 0.3) is 0 Å². The highest BCUT2D eigenvalue weighted by Crippen LogP contribution is 2.57. The minimum absolute atomic E-state index is 0.115. The third-order valence-corrected chi connectivity index (χ3v) is 6.25. The molecule has 0 amide bonds. The van der Waals surface area contributed by atoms with Gasteiger partial charge in [0.1, 0.15) is 11.4 Å². The van der Waals surface area contributed by atoms with Crippen LogP contribution < -0.4 is 0 Å². The molecule has 3 aliphatic carbocycles. The van der Waals surface area contributed by atoms with E-state index in [2.05, 4.69) is 5.92 Å². The summed E-state index contributed by atoms with van der Waals surface area (Å²) < 4.78 is 0. The number of carbonyl (C=O) groups excluding carboxylic acids is 1. The molecule has 2 N–H and O–H groups in total. The monoisotopic (exact) mass is 296 g/mol. The summed E-state index contributed by atoms with van der Waals surface area (Å²) in [6.45, 7) is 0. The summed E-state index contributed by atoms with van der Waals surface area (Å²) in [6, 6.07) is 5.18. The van der Waals surface area contributed by atoms with Crippen LogP contribution in [0.25, 0.3) is 0 Å². The van der Waals surface area contributed by atoms with Crippen molar-refractivity contribution in [1.29, 1.82) is 0 Å². The highest BCUT2D eigenvalue weighted by Gasteiger charge is 2.54. The second-order valence-electron chi connectivity index (χ2n) is 7.12. The van der Waals surface area contributed by atoms with Gasteiger partial charge in [-0.15, -0.1) is 6.42 Å². The van der Waals surface area contributed by atoms with E-state index in [-0.39, 0.29) is 23.4 Å².